The molecular formula is C18H35NOSSn. The molecule has 0 atom stereocenters. The Hall–Kier alpha value is 0.389. The summed E-state index contributed by atoms with van der Waals surface area (Å²) in [7, 11) is 1.78. The van der Waals surface area contributed by atoms with Crippen molar-refractivity contribution in [1.29, 1.82) is 0 Å². The van der Waals surface area contributed by atoms with Gasteiger partial charge < -0.3 is 0 Å². The number of hydrogen-bond acceptors (Lipinski definition) is 3. The van der Waals surface area contributed by atoms with Gasteiger partial charge in [0.2, 0.25) is 0 Å². The third kappa shape index (κ3) is 6.48. The van der Waals surface area contributed by atoms with Crippen molar-refractivity contribution in [1.82, 2.24) is 4.98 Å². The fraction of sp³-hybridized carbons (Fsp3) is 0.833. The molecule has 1 rings (SSSR count). The predicted octanol–water partition coefficient (Wildman–Crippen LogP) is 5.39. The van der Waals surface area contributed by atoms with Gasteiger partial charge in [-0.05, 0) is 0 Å². The van der Waals surface area contributed by atoms with E-state index in [1.165, 1.54) is 56.8 Å². The normalized spacial score (nSPS) is 12.0. The fourth-order valence-electron chi connectivity index (χ4n) is 3.16. The van der Waals surface area contributed by atoms with Crippen LogP contribution in [0.5, 0.6) is 0 Å². The van der Waals surface area contributed by atoms with E-state index in [9.17, 15) is 0 Å². The third-order valence-corrected chi connectivity index (χ3v) is 21.2. The zero-order chi connectivity index (χ0) is 16.3. The van der Waals surface area contributed by atoms with E-state index in [4.69, 9.17) is 9.72 Å². The van der Waals surface area contributed by atoms with Crippen LogP contribution >= 0.6 is 11.3 Å². The van der Waals surface area contributed by atoms with Gasteiger partial charge in [-0.25, -0.2) is 0 Å². The van der Waals surface area contributed by atoms with E-state index in [0.717, 1.165) is 13.0 Å². The maximum atomic E-state index is 5.22. The molecule has 22 heavy (non-hydrogen) atoms. The van der Waals surface area contributed by atoms with Crippen LogP contribution < -0.4 is 3.71 Å². The Morgan fingerprint density at radius 3 is 2.00 bits per heavy atom. The second kappa shape index (κ2) is 11.9. The first kappa shape index (κ1) is 20.4. The molecule has 0 fully saturated rings. The number of thiazole rings is 1. The first-order chi connectivity index (χ1) is 10.7. The van der Waals surface area contributed by atoms with Crippen LogP contribution in [-0.2, 0) is 11.2 Å². The Morgan fingerprint density at radius 1 is 1.00 bits per heavy atom. The summed E-state index contributed by atoms with van der Waals surface area (Å²) in [5.41, 5.74) is 0. The molecular weight excluding hydrogens is 397 g/mol. The van der Waals surface area contributed by atoms with E-state index in [0.29, 0.717) is 0 Å². The summed E-state index contributed by atoms with van der Waals surface area (Å²) in [5, 5.41) is 3.73. The van der Waals surface area contributed by atoms with Crippen molar-refractivity contribution < 1.29 is 4.74 Å². The van der Waals surface area contributed by atoms with Crippen LogP contribution in [0.15, 0.2) is 5.38 Å². The molecule has 128 valence electrons. The number of nitrogens with zero attached hydrogens (tertiary/aromatic N) is 1. The molecule has 0 saturated heterocycles. The molecule has 0 aliphatic carbocycles. The minimum atomic E-state index is -2.27. The second-order valence-electron chi connectivity index (χ2n) is 6.46. The van der Waals surface area contributed by atoms with Crippen molar-refractivity contribution in [2.75, 3.05) is 13.7 Å². The van der Waals surface area contributed by atoms with Crippen LogP contribution in [0.3, 0.4) is 0 Å². The standard InChI is InChI=1S/C6H8NOS.3C4H9.Sn/c1-8-4-2-6-7-3-5-9-6;3*1-3-4-2;/h5H,2,4H2,1H3;3*1,3-4H2,2H3;. The summed E-state index contributed by atoms with van der Waals surface area (Å²) in [6.45, 7) is 7.80. The predicted molar refractivity (Wildman–Crippen MR) is 102 cm³/mol. The molecule has 0 unspecified atom stereocenters. The number of rotatable bonds is 13. The van der Waals surface area contributed by atoms with Crippen LogP contribution in [0.1, 0.15) is 64.3 Å². The Bertz CT molecular complexity index is 372. The van der Waals surface area contributed by atoms with Gasteiger partial charge in [-0.1, -0.05) is 0 Å². The van der Waals surface area contributed by atoms with Gasteiger partial charge in [-0.15, -0.1) is 0 Å². The van der Waals surface area contributed by atoms with Crippen molar-refractivity contribution in [3.05, 3.63) is 10.4 Å². The summed E-state index contributed by atoms with van der Waals surface area (Å²) in [4.78, 5) is 5.11. The van der Waals surface area contributed by atoms with Crippen LogP contribution in [0, 0.1) is 0 Å². The molecule has 1 aromatic heterocycles. The zero-order valence-corrected chi connectivity index (χ0v) is 18.8. The summed E-state index contributed by atoms with van der Waals surface area (Å²) >= 11 is -0.396. The SMILES string of the molecule is CCC[CH2][Sn]([CH2]CCC)([CH2]CCC)[c]1csc(CCOC)n1. The first-order valence-electron chi connectivity index (χ1n) is 9.16. The number of unbranched alkanes of at least 4 members (excludes halogenated alkanes) is 3. The molecule has 0 spiro atoms. The molecule has 0 aliphatic rings. The average molecular weight is 432 g/mol. The molecule has 1 heterocycles. The number of hydrogen-bond donors (Lipinski definition) is 0. The summed E-state index contributed by atoms with van der Waals surface area (Å²) < 4.78 is 11.3. The second-order valence-corrected chi connectivity index (χ2v) is 20.5. The first-order valence-corrected chi connectivity index (χ1v) is 17.5. The van der Waals surface area contributed by atoms with Gasteiger partial charge in [0.15, 0.2) is 0 Å². The van der Waals surface area contributed by atoms with Crippen molar-refractivity contribution >= 4 is 33.4 Å². The average Bonchev–Trinajstić information content (AvgIpc) is 3.02. The molecule has 0 amide bonds. The molecule has 1 aromatic rings. The van der Waals surface area contributed by atoms with Crippen molar-refractivity contribution in [3.8, 4) is 0 Å². The van der Waals surface area contributed by atoms with Gasteiger partial charge in [0, 0.05) is 0 Å². The maximum absolute atomic E-state index is 5.22. The number of aromatic nitrogens is 1. The Labute approximate surface area is 145 Å². The minimum absolute atomic E-state index is 0.800. The van der Waals surface area contributed by atoms with E-state index < -0.39 is 18.4 Å². The third-order valence-electron chi connectivity index (χ3n) is 4.64. The van der Waals surface area contributed by atoms with Gasteiger partial charge in [0.1, 0.15) is 0 Å². The van der Waals surface area contributed by atoms with Crippen LogP contribution in [0.4, 0.5) is 0 Å². The van der Waals surface area contributed by atoms with Crippen molar-refractivity contribution in [2.45, 2.75) is 79.0 Å². The molecule has 4 heteroatoms. The van der Waals surface area contributed by atoms with Crippen LogP contribution in [0.2, 0.25) is 13.3 Å². The summed E-state index contributed by atoms with van der Waals surface area (Å²) in [5.74, 6) is 0. The van der Waals surface area contributed by atoms with Crippen molar-refractivity contribution in [2.24, 2.45) is 0 Å². The number of ether oxygens (including phenoxy) is 1. The number of methoxy groups -OCH3 is 1. The zero-order valence-electron chi connectivity index (χ0n) is 15.1. The van der Waals surface area contributed by atoms with Gasteiger partial charge in [-0.2, -0.15) is 0 Å². The molecule has 0 radical (unpaired) electrons. The molecule has 0 aromatic carbocycles. The van der Waals surface area contributed by atoms with E-state index in [1.807, 2.05) is 11.3 Å². The summed E-state index contributed by atoms with van der Waals surface area (Å²) in [6.07, 6.45) is 9.21. The van der Waals surface area contributed by atoms with E-state index >= 15 is 0 Å². The van der Waals surface area contributed by atoms with E-state index in [2.05, 4.69) is 26.2 Å². The van der Waals surface area contributed by atoms with Gasteiger partial charge in [0.05, 0.1) is 0 Å². The van der Waals surface area contributed by atoms with Gasteiger partial charge in [0.25, 0.3) is 0 Å². The van der Waals surface area contributed by atoms with Crippen LogP contribution in [-0.4, -0.2) is 37.1 Å². The van der Waals surface area contributed by atoms with E-state index in [-0.39, 0.29) is 0 Å². The Kier molecular flexibility index (Phi) is 11.0. The van der Waals surface area contributed by atoms with Gasteiger partial charge in [-0.3, -0.25) is 0 Å². The molecule has 0 N–H and O–H groups in total. The monoisotopic (exact) mass is 433 g/mol. The van der Waals surface area contributed by atoms with Crippen LogP contribution in [0.25, 0.3) is 0 Å². The topological polar surface area (TPSA) is 22.1 Å². The van der Waals surface area contributed by atoms with E-state index in [1.54, 1.807) is 10.8 Å². The Morgan fingerprint density at radius 2 is 1.55 bits per heavy atom. The van der Waals surface area contributed by atoms with Gasteiger partial charge >= 0.3 is 146 Å². The molecule has 0 aliphatic heterocycles. The molecule has 0 bridgehead atoms. The Balaban J connectivity index is 2.94. The molecule has 0 saturated carbocycles. The van der Waals surface area contributed by atoms with Crippen molar-refractivity contribution in [3.63, 3.8) is 0 Å². The fourth-order valence-corrected chi connectivity index (χ4v) is 21.2. The quantitative estimate of drug-likeness (QED) is 0.390. The summed E-state index contributed by atoms with van der Waals surface area (Å²) in [6, 6.07) is 0. The molecule has 2 nitrogen and oxygen atoms in total.